The van der Waals surface area contributed by atoms with Crippen LogP contribution in [-0.2, 0) is 28.6 Å². The smallest absolute Gasteiger partial charge is 0.306 e. The number of allylic oxidation sites excluding steroid dienone is 16. The molecule has 0 heterocycles. The first-order chi connectivity index (χ1) is 38.5. The lowest BCUT2D eigenvalue weighted by molar-refractivity contribution is -0.167. The first-order valence-corrected chi connectivity index (χ1v) is 33.2. The van der Waals surface area contributed by atoms with Gasteiger partial charge in [0.25, 0.3) is 0 Å². The van der Waals surface area contributed by atoms with Crippen LogP contribution >= 0.6 is 0 Å². The lowest BCUT2D eigenvalue weighted by Gasteiger charge is -2.18. The quantitative estimate of drug-likeness (QED) is 0.0261. The molecule has 0 aromatic carbocycles. The Labute approximate surface area is 483 Å². The molecule has 0 bridgehead atoms. The molecule has 448 valence electrons. The normalized spacial score (nSPS) is 12.7. The summed E-state index contributed by atoms with van der Waals surface area (Å²) in [5, 5.41) is 0. The summed E-state index contributed by atoms with van der Waals surface area (Å²) in [5.74, 6) is -0.896. The molecule has 1 unspecified atom stereocenters. The maximum Gasteiger partial charge on any atom is 0.306 e. The summed E-state index contributed by atoms with van der Waals surface area (Å²) in [7, 11) is 0. The Morgan fingerprint density at radius 3 is 0.833 bits per heavy atom. The van der Waals surface area contributed by atoms with Gasteiger partial charge >= 0.3 is 17.9 Å². The molecule has 0 aromatic heterocycles. The Balaban J connectivity index is 4.14. The predicted octanol–water partition coefficient (Wildman–Crippen LogP) is 22.8. The third-order valence-corrected chi connectivity index (χ3v) is 14.3. The second-order valence-electron chi connectivity index (χ2n) is 22.0. The van der Waals surface area contributed by atoms with Crippen LogP contribution in [0.1, 0.15) is 323 Å². The first-order valence-electron chi connectivity index (χ1n) is 33.2. The van der Waals surface area contributed by atoms with Crippen LogP contribution in [-0.4, -0.2) is 37.2 Å². The summed E-state index contributed by atoms with van der Waals surface area (Å²) in [6.07, 6.45) is 88.6. The highest BCUT2D eigenvalue weighted by Gasteiger charge is 2.19. The van der Waals surface area contributed by atoms with Crippen molar-refractivity contribution in [2.24, 2.45) is 0 Å². The number of esters is 3. The summed E-state index contributed by atoms with van der Waals surface area (Å²) >= 11 is 0. The second-order valence-corrected chi connectivity index (χ2v) is 22.0. The van der Waals surface area contributed by atoms with Crippen LogP contribution < -0.4 is 0 Å². The molecule has 0 aliphatic heterocycles. The summed E-state index contributed by atoms with van der Waals surface area (Å²) < 4.78 is 16.9. The molecule has 0 N–H and O–H groups in total. The van der Waals surface area contributed by atoms with Gasteiger partial charge in [-0.25, -0.2) is 0 Å². The van der Waals surface area contributed by atoms with Crippen molar-refractivity contribution >= 4 is 17.9 Å². The van der Waals surface area contributed by atoms with Crippen LogP contribution in [0.5, 0.6) is 0 Å². The SMILES string of the molecule is CC/C=C\C/C=C\C/C=C\C/C=C\C/C=C\CCCCCCCCCCCCCCCCCCCC(=O)OCC(COC(=O)CCCCCCC/C=C\CCCC)OC(=O)CCCCCCC/C=C\C/C=C\CCCCCC. The van der Waals surface area contributed by atoms with Gasteiger partial charge in [0.2, 0.25) is 0 Å². The van der Waals surface area contributed by atoms with E-state index < -0.39 is 6.10 Å². The largest absolute Gasteiger partial charge is 0.462 e. The number of carbonyl (C=O) groups excluding carboxylic acids is 3. The molecule has 6 nitrogen and oxygen atoms in total. The van der Waals surface area contributed by atoms with Crippen molar-refractivity contribution in [2.75, 3.05) is 13.2 Å². The molecule has 0 saturated heterocycles. The highest BCUT2D eigenvalue weighted by Crippen LogP contribution is 2.17. The van der Waals surface area contributed by atoms with Crippen molar-refractivity contribution in [2.45, 2.75) is 329 Å². The number of hydrogen-bond acceptors (Lipinski definition) is 6. The van der Waals surface area contributed by atoms with Crippen LogP contribution in [0.25, 0.3) is 0 Å². The van der Waals surface area contributed by atoms with Crippen molar-refractivity contribution < 1.29 is 28.6 Å². The summed E-state index contributed by atoms with van der Waals surface area (Å²) in [4.78, 5) is 38.2. The fourth-order valence-corrected chi connectivity index (χ4v) is 9.31. The van der Waals surface area contributed by atoms with E-state index in [4.69, 9.17) is 14.2 Å². The molecule has 0 fully saturated rings. The van der Waals surface area contributed by atoms with E-state index in [0.717, 1.165) is 122 Å². The molecule has 0 aromatic rings. The number of hydrogen-bond donors (Lipinski definition) is 0. The Bertz CT molecular complexity index is 1530. The number of carbonyl (C=O) groups is 3. The van der Waals surface area contributed by atoms with Crippen molar-refractivity contribution in [3.63, 3.8) is 0 Å². The van der Waals surface area contributed by atoms with Gasteiger partial charge in [0, 0.05) is 19.3 Å². The predicted molar refractivity (Wildman–Crippen MR) is 339 cm³/mol. The molecule has 78 heavy (non-hydrogen) atoms. The molecule has 0 amide bonds. The van der Waals surface area contributed by atoms with Crippen molar-refractivity contribution in [3.05, 3.63) is 97.2 Å². The monoisotopic (exact) mass is 1080 g/mol. The Kier molecular flexibility index (Phi) is 62.7. The van der Waals surface area contributed by atoms with E-state index in [2.05, 4.69) is 118 Å². The highest BCUT2D eigenvalue weighted by atomic mass is 16.6. The lowest BCUT2D eigenvalue weighted by Crippen LogP contribution is -2.30. The molecular formula is C72H124O6. The van der Waals surface area contributed by atoms with Crippen LogP contribution in [0, 0.1) is 0 Å². The van der Waals surface area contributed by atoms with Crippen molar-refractivity contribution in [1.29, 1.82) is 0 Å². The lowest BCUT2D eigenvalue weighted by atomic mass is 10.0. The highest BCUT2D eigenvalue weighted by molar-refractivity contribution is 5.71. The van der Waals surface area contributed by atoms with E-state index >= 15 is 0 Å². The summed E-state index contributed by atoms with van der Waals surface area (Å²) in [5.41, 5.74) is 0. The average molecular weight is 1090 g/mol. The third kappa shape index (κ3) is 63.2. The molecule has 6 heteroatoms. The van der Waals surface area contributed by atoms with Gasteiger partial charge < -0.3 is 14.2 Å². The topological polar surface area (TPSA) is 78.9 Å². The summed E-state index contributed by atoms with van der Waals surface area (Å²) in [6, 6.07) is 0. The zero-order valence-electron chi connectivity index (χ0n) is 51.4. The van der Waals surface area contributed by atoms with Gasteiger partial charge in [-0.1, -0.05) is 285 Å². The zero-order valence-corrected chi connectivity index (χ0v) is 51.4. The van der Waals surface area contributed by atoms with Gasteiger partial charge in [0.1, 0.15) is 13.2 Å². The molecular weight excluding hydrogens is 961 g/mol. The minimum Gasteiger partial charge on any atom is -0.462 e. The van der Waals surface area contributed by atoms with Gasteiger partial charge in [-0.3, -0.25) is 14.4 Å². The Morgan fingerprint density at radius 2 is 0.513 bits per heavy atom. The number of ether oxygens (including phenoxy) is 3. The minimum atomic E-state index is -0.787. The molecule has 0 spiro atoms. The Hall–Kier alpha value is -3.67. The summed E-state index contributed by atoms with van der Waals surface area (Å²) in [6.45, 7) is 6.48. The van der Waals surface area contributed by atoms with E-state index in [-0.39, 0.29) is 31.1 Å². The van der Waals surface area contributed by atoms with Crippen molar-refractivity contribution in [3.8, 4) is 0 Å². The van der Waals surface area contributed by atoms with Gasteiger partial charge in [-0.2, -0.15) is 0 Å². The Morgan fingerprint density at radius 1 is 0.269 bits per heavy atom. The molecule has 0 saturated carbocycles. The molecule has 0 rings (SSSR count). The van der Waals surface area contributed by atoms with E-state index in [1.807, 2.05) is 0 Å². The number of unbranched alkanes of at least 4 members (excludes halogenated alkanes) is 33. The van der Waals surface area contributed by atoms with Crippen LogP contribution in [0.3, 0.4) is 0 Å². The van der Waals surface area contributed by atoms with Gasteiger partial charge in [-0.05, 0) is 116 Å². The number of rotatable bonds is 60. The first kappa shape index (κ1) is 74.3. The van der Waals surface area contributed by atoms with E-state index in [0.29, 0.717) is 19.3 Å². The van der Waals surface area contributed by atoms with Crippen LogP contribution in [0.2, 0.25) is 0 Å². The maximum atomic E-state index is 12.9. The fourth-order valence-electron chi connectivity index (χ4n) is 9.31. The van der Waals surface area contributed by atoms with Gasteiger partial charge in [-0.15, -0.1) is 0 Å². The third-order valence-electron chi connectivity index (χ3n) is 14.3. The van der Waals surface area contributed by atoms with Crippen LogP contribution in [0.15, 0.2) is 97.2 Å². The standard InChI is InChI=1S/C72H124O6/c1-4-7-10-13-16-19-22-24-26-28-29-30-31-32-33-34-35-36-37-38-39-40-41-42-43-44-46-47-50-53-56-59-62-65-71(74)77-68-69(67-76-70(73)64-61-58-55-52-49-21-18-15-12-9-6-3)78-72(75)66-63-60-57-54-51-48-45-27-25-23-20-17-14-11-8-5-2/h7,10,15-16,18-20,23-24,26-27,29-30,32-33,45,69H,4-6,8-9,11-14,17,21-22,25,28,31,34-44,46-68H2,1-3H3/b10-7-,18-15-,19-16-,23-20-,26-24-,30-29-,33-32-,45-27-. The van der Waals surface area contributed by atoms with Crippen molar-refractivity contribution in [1.82, 2.24) is 0 Å². The molecule has 0 aliphatic carbocycles. The molecule has 1 atom stereocenters. The van der Waals surface area contributed by atoms with Gasteiger partial charge in [0.15, 0.2) is 6.10 Å². The molecule has 0 aliphatic rings. The van der Waals surface area contributed by atoms with Gasteiger partial charge in [0.05, 0.1) is 0 Å². The minimum absolute atomic E-state index is 0.0829. The second kappa shape index (κ2) is 65.8. The van der Waals surface area contributed by atoms with E-state index in [1.54, 1.807) is 0 Å². The fraction of sp³-hybridized carbons (Fsp3) is 0.736. The zero-order chi connectivity index (χ0) is 56.4. The maximum absolute atomic E-state index is 12.9. The van der Waals surface area contributed by atoms with E-state index in [9.17, 15) is 14.4 Å². The molecule has 0 radical (unpaired) electrons. The van der Waals surface area contributed by atoms with Crippen LogP contribution in [0.4, 0.5) is 0 Å². The average Bonchev–Trinajstić information content (AvgIpc) is 3.44. The van der Waals surface area contributed by atoms with E-state index in [1.165, 1.54) is 161 Å².